The number of anilines is 1. The van der Waals surface area contributed by atoms with Gasteiger partial charge in [-0.2, -0.15) is 0 Å². The molecule has 0 aromatic heterocycles. The van der Waals surface area contributed by atoms with Crippen molar-refractivity contribution in [3.05, 3.63) is 29.3 Å². The number of nitrogens with zero attached hydrogens (tertiary/aromatic N) is 2. The first-order valence-electron chi connectivity index (χ1n) is 8.27. The molecular weight excluding hydrogens is 348 g/mol. The van der Waals surface area contributed by atoms with E-state index in [0.29, 0.717) is 17.1 Å². The second-order valence-corrected chi connectivity index (χ2v) is 8.65. The lowest BCUT2D eigenvalue weighted by atomic mass is 10.1. The molecule has 0 saturated heterocycles. The Kier molecular flexibility index (Phi) is 6.15. The lowest BCUT2D eigenvalue weighted by molar-refractivity contribution is -0.133. The number of rotatable bonds is 6. The van der Waals surface area contributed by atoms with Crippen molar-refractivity contribution in [1.29, 1.82) is 0 Å². The topological polar surface area (TPSA) is 57.7 Å². The van der Waals surface area contributed by atoms with Gasteiger partial charge < -0.3 is 4.90 Å². The standard InChI is InChI=1S/C17H25ClN2O3S/c1-4-16(17(21)19(2)14-9-5-6-10-14)20(24(3,22)23)15-11-7-8-13(18)12-15/h7-8,11-12,14,16H,4-6,9-10H2,1-3H3/t16-/m1/s1. The van der Waals surface area contributed by atoms with Crippen LogP contribution in [0.25, 0.3) is 0 Å². The average molecular weight is 373 g/mol. The summed E-state index contributed by atoms with van der Waals surface area (Å²) in [7, 11) is -1.84. The fraction of sp³-hybridized carbons (Fsp3) is 0.588. The summed E-state index contributed by atoms with van der Waals surface area (Å²) in [5.41, 5.74) is 0.421. The first-order chi connectivity index (χ1) is 11.3. The van der Waals surface area contributed by atoms with Crippen molar-refractivity contribution in [2.24, 2.45) is 0 Å². The Labute approximate surface area is 149 Å². The van der Waals surface area contributed by atoms with Crippen LogP contribution in [0.3, 0.4) is 0 Å². The van der Waals surface area contributed by atoms with Gasteiger partial charge in [0.2, 0.25) is 15.9 Å². The molecular formula is C17H25ClN2O3S. The van der Waals surface area contributed by atoms with Gasteiger partial charge >= 0.3 is 0 Å². The van der Waals surface area contributed by atoms with E-state index in [4.69, 9.17) is 11.6 Å². The average Bonchev–Trinajstić information content (AvgIpc) is 3.04. The molecule has 0 unspecified atom stereocenters. The van der Waals surface area contributed by atoms with Gasteiger partial charge in [-0.3, -0.25) is 9.10 Å². The van der Waals surface area contributed by atoms with Gasteiger partial charge in [0.05, 0.1) is 11.9 Å². The fourth-order valence-corrected chi connectivity index (χ4v) is 4.75. The molecule has 134 valence electrons. The summed E-state index contributed by atoms with van der Waals surface area (Å²) in [5.74, 6) is -0.158. The molecule has 1 fully saturated rings. The van der Waals surface area contributed by atoms with Crippen molar-refractivity contribution in [2.45, 2.75) is 51.1 Å². The first-order valence-corrected chi connectivity index (χ1v) is 10.5. The van der Waals surface area contributed by atoms with Crippen LogP contribution in [-0.4, -0.2) is 44.6 Å². The Hall–Kier alpha value is -1.27. The molecule has 1 aromatic carbocycles. The minimum Gasteiger partial charge on any atom is -0.341 e. The van der Waals surface area contributed by atoms with Crippen LogP contribution in [0.15, 0.2) is 24.3 Å². The number of sulfonamides is 1. The number of carbonyl (C=O) groups excluding carboxylic acids is 1. The van der Waals surface area contributed by atoms with Crippen LogP contribution >= 0.6 is 11.6 Å². The highest BCUT2D eigenvalue weighted by Crippen LogP contribution is 2.28. The van der Waals surface area contributed by atoms with Crippen LogP contribution in [0.1, 0.15) is 39.0 Å². The second-order valence-electron chi connectivity index (χ2n) is 6.35. The van der Waals surface area contributed by atoms with E-state index in [1.807, 2.05) is 6.92 Å². The third-order valence-corrected chi connectivity index (χ3v) is 6.01. The zero-order valence-corrected chi connectivity index (χ0v) is 16.0. The molecule has 1 saturated carbocycles. The van der Waals surface area contributed by atoms with Crippen LogP contribution in [0.2, 0.25) is 5.02 Å². The van der Waals surface area contributed by atoms with Crippen LogP contribution in [-0.2, 0) is 14.8 Å². The Morgan fingerprint density at radius 2 is 1.96 bits per heavy atom. The maximum Gasteiger partial charge on any atom is 0.246 e. The highest BCUT2D eigenvalue weighted by molar-refractivity contribution is 7.92. The van der Waals surface area contributed by atoms with Crippen molar-refractivity contribution in [2.75, 3.05) is 17.6 Å². The van der Waals surface area contributed by atoms with Gasteiger partial charge in [0.25, 0.3) is 0 Å². The van der Waals surface area contributed by atoms with Gasteiger partial charge in [-0.1, -0.05) is 37.4 Å². The fourth-order valence-electron chi connectivity index (χ4n) is 3.36. The van der Waals surface area contributed by atoms with Crippen molar-refractivity contribution in [1.82, 2.24) is 4.90 Å². The van der Waals surface area contributed by atoms with Crippen molar-refractivity contribution >= 4 is 33.2 Å². The molecule has 0 spiro atoms. The minimum atomic E-state index is -3.62. The number of halogens is 1. The van der Waals surface area contributed by atoms with E-state index < -0.39 is 16.1 Å². The summed E-state index contributed by atoms with van der Waals surface area (Å²) in [6.07, 6.45) is 5.71. The quantitative estimate of drug-likeness (QED) is 0.769. The molecule has 2 rings (SSSR count). The molecule has 1 aromatic rings. The molecule has 7 heteroatoms. The molecule has 24 heavy (non-hydrogen) atoms. The smallest absolute Gasteiger partial charge is 0.246 e. The molecule has 1 amide bonds. The van der Waals surface area contributed by atoms with Crippen molar-refractivity contribution in [3.8, 4) is 0 Å². The molecule has 0 aliphatic heterocycles. The Bertz CT molecular complexity index is 687. The van der Waals surface area contributed by atoms with Crippen molar-refractivity contribution < 1.29 is 13.2 Å². The van der Waals surface area contributed by atoms with E-state index in [2.05, 4.69) is 0 Å². The molecule has 1 aliphatic rings. The number of amides is 1. The van der Waals surface area contributed by atoms with E-state index in [9.17, 15) is 13.2 Å². The maximum absolute atomic E-state index is 13.0. The normalized spacial score (nSPS) is 16.8. The summed E-state index contributed by atoms with van der Waals surface area (Å²) in [4.78, 5) is 14.7. The Morgan fingerprint density at radius 1 is 1.33 bits per heavy atom. The third-order valence-electron chi connectivity index (χ3n) is 4.59. The molecule has 1 atom stereocenters. The molecule has 0 N–H and O–H groups in total. The summed E-state index contributed by atoms with van der Waals surface area (Å²) in [6.45, 7) is 1.83. The highest BCUT2D eigenvalue weighted by Gasteiger charge is 2.35. The number of likely N-dealkylation sites (N-methyl/N-ethyl adjacent to an activating group) is 1. The van der Waals surface area contributed by atoms with E-state index in [-0.39, 0.29) is 11.9 Å². The van der Waals surface area contributed by atoms with Gasteiger partial charge in [0.15, 0.2) is 0 Å². The first kappa shape index (κ1) is 19.1. The summed E-state index contributed by atoms with van der Waals surface area (Å²) >= 11 is 6.02. The Balaban J connectivity index is 2.37. The van der Waals surface area contributed by atoms with Gasteiger partial charge in [-0.05, 0) is 37.5 Å². The third kappa shape index (κ3) is 4.22. The zero-order chi connectivity index (χ0) is 17.9. The number of hydrogen-bond acceptors (Lipinski definition) is 3. The van der Waals surface area contributed by atoms with E-state index in [1.54, 1.807) is 36.2 Å². The predicted octanol–water partition coefficient (Wildman–Crippen LogP) is 3.29. The summed E-state index contributed by atoms with van der Waals surface area (Å²) < 4.78 is 26.0. The predicted molar refractivity (Wildman–Crippen MR) is 97.9 cm³/mol. The minimum absolute atomic E-state index is 0.158. The molecule has 1 aliphatic carbocycles. The van der Waals surface area contributed by atoms with Crippen LogP contribution < -0.4 is 4.31 Å². The van der Waals surface area contributed by atoms with E-state index >= 15 is 0 Å². The lowest BCUT2D eigenvalue weighted by Gasteiger charge is -2.35. The molecule has 0 bridgehead atoms. The van der Waals surface area contributed by atoms with Gasteiger partial charge in [0.1, 0.15) is 6.04 Å². The van der Waals surface area contributed by atoms with Gasteiger partial charge in [-0.15, -0.1) is 0 Å². The Morgan fingerprint density at radius 3 is 2.46 bits per heavy atom. The monoisotopic (exact) mass is 372 g/mol. The van der Waals surface area contributed by atoms with Crippen molar-refractivity contribution in [3.63, 3.8) is 0 Å². The lowest BCUT2D eigenvalue weighted by Crippen LogP contribution is -2.51. The largest absolute Gasteiger partial charge is 0.341 e. The summed E-state index contributed by atoms with van der Waals surface area (Å²) in [6, 6.07) is 6.05. The summed E-state index contributed by atoms with van der Waals surface area (Å²) in [5, 5.41) is 0.438. The SMILES string of the molecule is CC[C@H](C(=O)N(C)C1CCCC1)N(c1cccc(Cl)c1)S(C)(=O)=O. The second kappa shape index (κ2) is 7.74. The van der Waals surface area contributed by atoms with Gasteiger partial charge in [-0.25, -0.2) is 8.42 Å². The van der Waals surface area contributed by atoms with Gasteiger partial charge in [0, 0.05) is 18.1 Å². The van der Waals surface area contributed by atoms with E-state index in [0.717, 1.165) is 31.9 Å². The molecule has 0 heterocycles. The highest BCUT2D eigenvalue weighted by atomic mass is 35.5. The zero-order valence-electron chi connectivity index (χ0n) is 14.4. The molecule has 0 radical (unpaired) electrons. The number of benzene rings is 1. The van der Waals surface area contributed by atoms with Crippen LogP contribution in [0, 0.1) is 0 Å². The molecule has 5 nitrogen and oxygen atoms in total. The van der Waals surface area contributed by atoms with E-state index in [1.165, 1.54) is 4.31 Å². The van der Waals surface area contributed by atoms with Crippen LogP contribution in [0.5, 0.6) is 0 Å². The maximum atomic E-state index is 13.0. The number of carbonyl (C=O) groups is 1. The number of hydrogen-bond donors (Lipinski definition) is 0. The van der Waals surface area contributed by atoms with Crippen LogP contribution in [0.4, 0.5) is 5.69 Å².